The molecule has 0 radical (unpaired) electrons. The van der Waals surface area contributed by atoms with Crippen molar-refractivity contribution in [2.75, 3.05) is 27.2 Å². The van der Waals surface area contributed by atoms with Crippen LogP contribution in [0.3, 0.4) is 0 Å². The van der Waals surface area contributed by atoms with Gasteiger partial charge in [-0.25, -0.2) is 0 Å². The van der Waals surface area contributed by atoms with E-state index in [1.807, 2.05) is 13.8 Å². The number of carbonyl (C=O) groups excluding carboxylic acids is 1. The third-order valence-corrected chi connectivity index (χ3v) is 4.36. The lowest BCUT2D eigenvalue weighted by atomic mass is 9.98. The molecule has 0 bridgehead atoms. The monoisotopic (exact) mass is 311 g/mol. The Bertz CT molecular complexity index is 379. The maximum absolute atomic E-state index is 10.8. The van der Waals surface area contributed by atoms with Crippen LogP contribution in [0.15, 0.2) is 9.98 Å². The predicted molar refractivity (Wildman–Crippen MR) is 95.2 cm³/mol. The van der Waals surface area contributed by atoms with Crippen molar-refractivity contribution in [1.29, 1.82) is 0 Å². The minimum atomic E-state index is -0.201. The Labute approximate surface area is 135 Å². The summed E-state index contributed by atoms with van der Waals surface area (Å²) < 4.78 is 0. The van der Waals surface area contributed by atoms with Crippen molar-refractivity contribution in [1.82, 2.24) is 16.0 Å². The fraction of sp³-hybridized carbons (Fsp3) is 0.812. The number of nitrogens with zero attached hydrogens (tertiary/aromatic N) is 2. The maximum atomic E-state index is 10.8. The largest absolute Gasteiger partial charge is 0.353 e. The van der Waals surface area contributed by atoms with E-state index in [9.17, 15) is 4.79 Å². The molecular formula is C16H33N5O. The fourth-order valence-electron chi connectivity index (χ4n) is 1.86. The van der Waals surface area contributed by atoms with Crippen molar-refractivity contribution in [3.8, 4) is 0 Å². The third kappa shape index (κ3) is 6.66. The second-order valence-electron chi connectivity index (χ2n) is 6.61. The zero-order chi connectivity index (χ0) is 17.4. The normalized spacial score (nSPS) is 15.6. The number of rotatable bonds is 10. The number of amides is 1. The molecule has 6 nitrogen and oxygen atoms in total. The molecule has 0 aliphatic heterocycles. The predicted octanol–water partition coefficient (Wildman–Crippen LogP) is 1.02. The molecule has 0 aromatic heterocycles. The standard InChI is InChI=1S/C16H33N5O/c1-12(17-7)15(3,4)20-9-14(19-11-22)10-21-16(5,6)13(2)18-8/h11,14,20-21H,9-10H2,1-8H3,(H,19,22). The van der Waals surface area contributed by atoms with Gasteiger partial charge in [0.15, 0.2) is 0 Å². The molecule has 0 aromatic rings. The van der Waals surface area contributed by atoms with Crippen LogP contribution in [0.1, 0.15) is 41.5 Å². The average Bonchev–Trinajstić information content (AvgIpc) is 2.48. The minimum absolute atomic E-state index is 0.00892. The van der Waals surface area contributed by atoms with Crippen LogP contribution in [0.5, 0.6) is 0 Å². The van der Waals surface area contributed by atoms with Gasteiger partial charge in [0.05, 0.1) is 17.1 Å². The van der Waals surface area contributed by atoms with Crippen LogP contribution >= 0.6 is 0 Å². The molecule has 0 atom stereocenters. The van der Waals surface area contributed by atoms with Gasteiger partial charge in [-0.1, -0.05) is 0 Å². The van der Waals surface area contributed by atoms with Gasteiger partial charge in [-0.05, 0) is 41.5 Å². The highest BCUT2D eigenvalue weighted by atomic mass is 16.1. The lowest BCUT2D eigenvalue weighted by molar-refractivity contribution is -0.110. The third-order valence-electron chi connectivity index (χ3n) is 4.36. The lowest BCUT2D eigenvalue weighted by Crippen LogP contribution is -2.56. The van der Waals surface area contributed by atoms with Gasteiger partial charge < -0.3 is 16.0 Å². The van der Waals surface area contributed by atoms with E-state index in [0.717, 1.165) is 17.8 Å². The van der Waals surface area contributed by atoms with E-state index in [1.165, 1.54) is 0 Å². The van der Waals surface area contributed by atoms with Crippen LogP contribution in [-0.2, 0) is 4.79 Å². The molecule has 128 valence electrons. The second kappa shape index (κ2) is 9.00. The van der Waals surface area contributed by atoms with Crippen molar-refractivity contribution in [2.24, 2.45) is 9.98 Å². The minimum Gasteiger partial charge on any atom is -0.353 e. The summed E-state index contributed by atoms with van der Waals surface area (Å²) in [6.07, 6.45) is 0.746. The van der Waals surface area contributed by atoms with E-state index < -0.39 is 0 Å². The molecule has 0 spiro atoms. The number of hydrogen-bond acceptors (Lipinski definition) is 5. The second-order valence-corrected chi connectivity index (χ2v) is 6.61. The van der Waals surface area contributed by atoms with E-state index in [0.29, 0.717) is 13.1 Å². The molecule has 1 amide bonds. The van der Waals surface area contributed by atoms with Crippen molar-refractivity contribution in [3.05, 3.63) is 0 Å². The molecule has 0 unspecified atom stereocenters. The Kier molecular flexibility index (Phi) is 8.48. The first-order valence-corrected chi connectivity index (χ1v) is 7.68. The van der Waals surface area contributed by atoms with Gasteiger partial charge in [0.2, 0.25) is 6.41 Å². The molecular weight excluding hydrogens is 278 g/mol. The molecule has 3 N–H and O–H groups in total. The van der Waals surface area contributed by atoms with Gasteiger partial charge in [0, 0.05) is 38.6 Å². The first-order valence-electron chi connectivity index (χ1n) is 7.68. The van der Waals surface area contributed by atoms with Crippen LogP contribution in [0.4, 0.5) is 0 Å². The molecule has 0 rings (SSSR count). The summed E-state index contributed by atoms with van der Waals surface area (Å²) in [7, 11) is 3.58. The Morgan fingerprint density at radius 2 is 1.32 bits per heavy atom. The summed E-state index contributed by atoms with van der Waals surface area (Å²) in [5.41, 5.74) is 1.65. The summed E-state index contributed by atoms with van der Waals surface area (Å²) in [5, 5.41) is 9.76. The molecule has 0 aliphatic rings. The SMILES string of the molecule is CN=C(C)C(C)(C)NCC(CNC(C)(C)C(C)=NC)NC=O. The van der Waals surface area contributed by atoms with Crippen LogP contribution in [0, 0.1) is 0 Å². The average molecular weight is 311 g/mol. The quantitative estimate of drug-likeness (QED) is 0.416. The van der Waals surface area contributed by atoms with Gasteiger partial charge in [0.1, 0.15) is 0 Å². The topological polar surface area (TPSA) is 77.9 Å². The fourth-order valence-corrected chi connectivity index (χ4v) is 1.86. The Morgan fingerprint density at radius 1 is 0.955 bits per heavy atom. The summed E-state index contributed by atoms with van der Waals surface area (Å²) >= 11 is 0. The van der Waals surface area contributed by atoms with Crippen LogP contribution in [-0.4, -0.2) is 62.1 Å². The molecule has 0 saturated carbocycles. The summed E-state index contributed by atoms with van der Waals surface area (Å²) in [4.78, 5) is 19.3. The van der Waals surface area contributed by atoms with Gasteiger partial charge >= 0.3 is 0 Å². The molecule has 0 saturated heterocycles. The van der Waals surface area contributed by atoms with Gasteiger partial charge in [-0.2, -0.15) is 0 Å². The zero-order valence-corrected chi connectivity index (χ0v) is 15.4. The molecule has 0 fully saturated rings. The van der Waals surface area contributed by atoms with Crippen molar-refractivity contribution in [2.45, 2.75) is 58.7 Å². The lowest BCUT2D eigenvalue weighted by Gasteiger charge is -2.32. The zero-order valence-electron chi connectivity index (χ0n) is 15.4. The van der Waals surface area contributed by atoms with Crippen LogP contribution in [0.2, 0.25) is 0 Å². The van der Waals surface area contributed by atoms with E-state index in [1.54, 1.807) is 14.1 Å². The molecule has 0 aromatic carbocycles. The number of aliphatic imine (C=N–C) groups is 2. The van der Waals surface area contributed by atoms with Crippen molar-refractivity contribution < 1.29 is 4.79 Å². The summed E-state index contributed by atoms with van der Waals surface area (Å²) in [6, 6.07) is -0.00892. The van der Waals surface area contributed by atoms with Crippen molar-refractivity contribution >= 4 is 17.8 Å². The molecule has 6 heteroatoms. The Hall–Kier alpha value is -1.27. The Balaban J connectivity index is 4.66. The molecule has 0 heterocycles. The highest BCUT2D eigenvalue weighted by molar-refractivity contribution is 5.91. The Morgan fingerprint density at radius 3 is 1.59 bits per heavy atom. The number of nitrogens with one attached hydrogen (secondary N) is 3. The molecule has 22 heavy (non-hydrogen) atoms. The highest BCUT2D eigenvalue weighted by Gasteiger charge is 2.24. The van der Waals surface area contributed by atoms with E-state index in [2.05, 4.69) is 53.6 Å². The smallest absolute Gasteiger partial charge is 0.207 e. The first-order chi connectivity index (χ1) is 10.1. The van der Waals surface area contributed by atoms with Crippen molar-refractivity contribution in [3.63, 3.8) is 0 Å². The number of hydrogen-bond donors (Lipinski definition) is 3. The highest BCUT2D eigenvalue weighted by Crippen LogP contribution is 2.07. The van der Waals surface area contributed by atoms with Gasteiger partial charge in [-0.3, -0.25) is 14.8 Å². The van der Waals surface area contributed by atoms with Crippen LogP contribution in [0.25, 0.3) is 0 Å². The maximum Gasteiger partial charge on any atom is 0.207 e. The summed E-state index contributed by atoms with van der Waals surface area (Å²) in [5.74, 6) is 0. The number of carbonyl (C=O) groups is 1. The van der Waals surface area contributed by atoms with Crippen LogP contribution < -0.4 is 16.0 Å². The van der Waals surface area contributed by atoms with E-state index in [4.69, 9.17) is 0 Å². The van der Waals surface area contributed by atoms with Gasteiger partial charge in [0.25, 0.3) is 0 Å². The first kappa shape index (κ1) is 20.7. The van der Waals surface area contributed by atoms with E-state index in [-0.39, 0.29) is 17.1 Å². The molecule has 0 aliphatic carbocycles. The summed E-state index contributed by atoms with van der Waals surface area (Å²) in [6.45, 7) is 13.6. The van der Waals surface area contributed by atoms with Gasteiger partial charge in [-0.15, -0.1) is 0 Å². The van der Waals surface area contributed by atoms with E-state index >= 15 is 0 Å².